The maximum atomic E-state index is 13.4. The van der Waals surface area contributed by atoms with E-state index in [1.165, 1.54) is 11.1 Å². The van der Waals surface area contributed by atoms with Gasteiger partial charge in [-0.2, -0.15) is 4.40 Å². The summed E-state index contributed by atoms with van der Waals surface area (Å²) < 4.78 is 34.3. The van der Waals surface area contributed by atoms with Crippen LogP contribution in [0.25, 0.3) is 0 Å². The summed E-state index contributed by atoms with van der Waals surface area (Å²) in [5.41, 5.74) is 13.6. The Hall–Kier alpha value is -4.02. The van der Waals surface area contributed by atoms with Gasteiger partial charge in [0.1, 0.15) is 17.4 Å². The Labute approximate surface area is 261 Å². The number of fused-ring (bicyclic) bond motifs is 1. The van der Waals surface area contributed by atoms with Crippen molar-refractivity contribution in [1.29, 1.82) is 0 Å². The lowest BCUT2D eigenvalue weighted by molar-refractivity contribution is -0.414. The number of esters is 1. The largest absolute Gasteiger partial charge is 0.860 e. The summed E-state index contributed by atoms with van der Waals surface area (Å²) >= 11 is 0. The number of amides is 2. The Morgan fingerprint density at radius 1 is 1.20 bits per heavy atom. The van der Waals surface area contributed by atoms with Gasteiger partial charge in [-0.05, 0) is 23.8 Å². The highest BCUT2D eigenvalue weighted by Gasteiger charge is 2.61. The molecule has 1 aromatic carbocycles. The van der Waals surface area contributed by atoms with Crippen LogP contribution >= 0.6 is 0 Å². The number of carbonyl (C=O) groups is 4. The monoisotopic (exact) mass is 649 g/mol. The van der Waals surface area contributed by atoms with Gasteiger partial charge < -0.3 is 47.2 Å². The number of rotatable bonds is 13. The Kier molecular flexibility index (Phi) is 11.0. The molecule has 248 valence electrons. The van der Waals surface area contributed by atoms with E-state index >= 15 is 0 Å². The van der Waals surface area contributed by atoms with Crippen molar-refractivity contribution in [2.24, 2.45) is 33.6 Å². The normalized spacial score (nSPS) is 26.1. The van der Waals surface area contributed by atoms with E-state index in [1.807, 2.05) is 0 Å². The molecule has 3 rings (SSSR count). The van der Waals surface area contributed by atoms with E-state index in [1.54, 1.807) is 58.2 Å². The van der Waals surface area contributed by atoms with Crippen LogP contribution in [0, 0.1) is 17.8 Å². The number of aliphatic carboxylic acids is 1. The molecule has 0 spiro atoms. The van der Waals surface area contributed by atoms with Crippen molar-refractivity contribution in [3.05, 3.63) is 47.7 Å². The van der Waals surface area contributed by atoms with E-state index in [2.05, 4.69) is 15.4 Å². The minimum absolute atomic E-state index is 0.0308. The number of primary amides is 1. The molecular weight excluding hydrogens is 608 g/mol. The zero-order valence-electron chi connectivity index (χ0n) is 25.7. The first-order chi connectivity index (χ1) is 20.9. The van der Waals surface area contributed by atoms with E-state index < -0.39 is 92.8 Å². The van der Waals surface area contributed by atoms with Gasteiger partial charge in [0.15, 0.2) is 6.04 Å². The third kappa shape index (κ3) is 7.62. The lowest BCUT2D eigenvalue weighted by Gasteiger charge is -2.44. The van der Waals surface area contributed by atoms with Gasteiger partial charge in [0.25, 0.3) is 10.0 Å². The van der Waals surface area contributed by atoms with Crippen molar-refractivity contribution in [3.8, 4) is 0 Å². The highest BCUT2D eigenvalue weighted by molar-refractivity contribution is 7.90. The maximum Gasteiger partial charge on any atom is 0.365 e. The molecule has 0 aromatic heterocycles. The van der Waals surface area contributed by atoms with Crippen LogP contribution < -0.4 is 32.7 Å². The van der Waals surface area contributed by atoms with Crippen LogP contribution in [0.15, 0.2) is 46.5 Å². The smallest absolute Gasteiger partial charge is 0.365 e. The summed E-state index contributed by atoms with van der Waals surface area (Å²) in [7, 11) is -3.22. The third-order valence-corrected chi connectivity index (χ3v) is 9.92. The minimum Gasteiger partial charge on any atom is -0.860 e. The van der Waals surface area contributed by atoms with Gasteiger partial charge in [-0.15, -0.1) is 0 Å². The minimum atomic E-state index is -4.76. The van der Waals surface area contributed by atoms with Crippen molar-refractivity contribution in [2.75, 3.05) is 19.3 Å². The van der Waals surface area contributed by atoms with Crippen molar-refractivity contribution in [3.63, 3.8) is 0 Å². The second-order valence-corrected chi connectivity index (χ2v) is 13.5. The molecule has 2 amide bonds. The van der Waals surface area contributed by atoms with Crippen LogP contribution in [-0.4, -0.2) is 86.0 Å². The molecule has 1 fully saturated rings. The molecule has 1 saturated carbocycles. The number of nitrogens with two attached hydrogens (primary N) is 2. The Bertz CT molecular complexity index is 1470. The Morgan fingerprint density at radius 3 is 2.38 bits per heavy atom. The van der Waals surface area contributed by atoms with Crippen LogP contribution in [0.4, 0.5) is 0 Å². The summed E-state index contributed by atoms with van der Waals surface area (Å²) in [6.07, 6.45) is 0.0375. The van der Waals surface area contributed by atoms with Crippen LogP contribution in [0.5, 0.6) is 0 Å². The van der Waals surface area contributed by atoms with E-state index in [-0.39, 0.29) is 18.5 Å². The van der Waals surface area contributed by atoms with Crippen molar-refractivity contribution in [2.45, 2.75) is 63.3 Å². The van der Waals surface area contributed by atoms with E-state index in [0.717, 1.165) is 5.56 Å². The third-order valence-electron chi connectivity index (χ3n) is 8.83. The fourth-order valence-electron chi connectivity index (χ4n) is 5.92. The van der Waals surface area contributed by atoms with Gasteiger partial charge >= 0.3 is 5.97 Å². The first-order valence-corrected chi connectivity index (χ1v) is 16.1. The van der Waals surface area contributed by atoms with Crippen LogP contribution in [0.1, 0.15) is 45.1 Å². The molecule has 1 heterocycles. The summed E-state index contributed by atoms with van der Waals surface area (Å²) in [6.45, 7) is 5.06. The van der Waals surface area contributed by atoms with E-state index in [9.17, 15) is 37.8 Å². The molecule has 45 heavy (non-hydrogen) atoms. The maximum absolute atomic E-state index is 13.4. The summed E-state index contributed by atoms with van der Waals surface area (Å²) in [6, 6.07) is 6.69. The lowest BCUT2D eigenvalue weighted by Crippen LogP contribution is -2.72. The number of carbonyl (C=O) groups excluding carboxylic acids is 4. The van der Waals surface area contributed by atoms with Crippen LogP contribution in [-0.2, 0) is 33.9 Å². The topological polar surface area (TPSA) is 265 Å². The molecule has 8 N–H and O–H groups in total. The predicted molar refractivity (Wildman–Crippen MR) is 157 cm³/mol. The molecule has 0 unspecified atom stereocenters. The van der Waals surface area contributed by atoms with E-state index in [4.69, 9.17) is 16.2 Å². The summed E-state index contributed by atoms with van der Waals surface area (Å²) in [5, 5.41) is 27.6. The van der Waals surface area contributed by atoms with E-state index in [0.29, 0.717) is 6.42 Å². The number of nitrogens with one attached hydrogen (secondary N) is 1. The van der Waals surface area contributed by atoms with Gasteiger partial charge in [0.2, 0.25) is 11.8 Å². The number of sulfonamides is 1. The SMILES string of the molecule is CC[C@H](C)[C@H](N)/C([O-])=N/S(=O)(=O)CC(=O)N[C@@]1(C(=O)[O-])[C@@H](OC(=O)[C@@H]([NH3+])[C@H](C)c2ccccc2)C[C@H]2C(C(N)=O)=CN(C)C[C@H]21. The molecule has 0 radical (unpaired) electrons. The first kappa shape index (κ1) is 35.5. The molecule has 0 saturated heterocycles. The average Bonchev–Trinajstić information content (AvgIpc) is 3.27. The first-order valence-electron chi connectivity index (χ1n) is 14.5. The molecule has 16 heteroatoms. The zero-order valence-corrected chi connectivity index (χ0v) is 26.5. The molecule has 1 aliphatic heterocycles. The van der Waals surface area contributed by atoms with Gasteiger partial charge in [-0.3, -0.25) is 9.59 Å². The van der Waals surface area contributed by atoms with Gasteiger partial charge in [0, 0.05) is 49.2 Å². The number of carboxylic acids is 1. The molecule has 1 aromatic rings. The van der Waals surface area contributed by atoms with Crippen molar-refractivity contribution in [1.82, 2.24) is 10.2 Å². The fourth-order valence-corrected chi connectivity index (χ4v) is 6.79. The number of nitrogens with zero attached hydrogens (tertiary/aromatic N) is 2. The summed E-state index contributed by atoms with van der Waals surface area (Å²) in [4.78, 5) is 53.5. The zero-order chi connectivity index (χ0) is 33.9. The highest BCUT2D eigenvalue weighted by atomic mass is 32.2. The molecule has 1 aliphatic carbocycles. The van der Waals surface area contributed by atoms with Crippen molar-refractivity contribution < 1.29 is 48.3 Å². The average molecular weight is 650 g/mol. The standard InChI is InChI=1S/C29H42N6O9S/c1-5-15(2)23(30)26(38)34-45(42,43)14-22(36)33-29(28(40)41)20-13-35(4)12-19(25(32)37)18(20)11-21(29)44-27(39)24(31)16(3)17-9-7-6-8-10-17/h6-10,12,15-16,18,20-21,23-24H,5,11,13-14,30-31H2,1-4H3,(H2,32,37)(H,33,36)(H,34,38)(H,40,41)/p-1/t15-,16+,18-,20+,21-,23-,24-,29+/m0/s1. The second-order valence-electron chi connectivity index (χ2n) is 11.8. The fraction of sp³-hybridized carbons (Fsp3) is 0.552. The lowest BCUT2D eigenvalue weighted by atomic mass is 9.77. The molecule has 2 aliphatic rings. The number of quaternary nitrogens is 1. The van der Waals surface area contributed by atoms with Crippen molar-refractivity contribution >= 4 is 39.7 Å². The molecule has 15 nitrogen and oxygen atoms in total. The highest BCUT2D eigenvalue weighted by Crippen LogP contribution is 2.48. The Morgan fingerprint density at radius 2 is 1.82 bits per heavy atom. The van der Waals surface area contributed by atoms with Gasteiger partial charge in [0.05, 0.1) is 5.97 Å². The quantitative estimate of drug-likeness (QED) is 0.0918. The molecule has 0 bridgehead atoms. The van der Waals surface area contributed by atoms with Crippen LogP contribution in [0.3, 0.4) is 0 Å². The molecular formula is C29H41N6O9S-. The number of hydrogen-bond acceptors (Lipinski definition) is 11. The molecule has 8 atom stereocenters. The summed E-state index contributed by atoms with van der Waals surface area (Å²) in [5.74, 6) is -10.4. The van der Waals surface area contributed by atoms with Gasteiger partial charge in [-0.25, -0.2) is 13.2 Å². The predicted octanol–water partition coefficient (Wildman–Crippen LogP) is -3.67. The number of ether oxygens (including phenoxy) is 1. The number of benzene rings is 1. The number of carboxylic acid groups (broad SMARTS) is 1. The second kappa shape index (κ2) is 14.0. The van der Waals surface area contributed by atoms with Gasteiger partial charge in [-0.1, -0.05) is 57.5 Å². The Balaban J connectivity index is 1.99. The van der Waals surface area contributed by atoms with Crippen LogP contribution in [0.2, 0.25) is 0 Å². The number of hydrogen-bond donors (Lipinski definition) is 4.